The third-order valence-corrected chi connectivity index (χ3v) is 6.76. The number of hydrogen-bond donors (Lipinski definition) is 0. The molecule has 1 aliphatic rings. The number of hydrogen-bond acceptors (Lipinski definition) is 5. The summed E-state index contributed by atoms with van der Waals surface area (Å²) in [6.07, 6.45) is 1.21. The molecule has 2 atom stereocenters. The van der Waals surface area contributed by atoms with Gasteiger partial charge in [-0.2, -0.15) is 0 Å². The van der Waals surface area contributed by atoms with Crippen LogP contribution >= 0.6 is 35.3 Å². The number of amides is 1. The fourth-order valence-electron chi connectivity index (χ4n) is 3.35. The molecule has 0 spiro atoms. The first kappa shape index (κ1) is 18.6. The van der Waals surface area contributed by atoms with Crippen molar-refractivity contribution in [1.82, 2.24) is 14.7 Å². The Balaban J connectivity index is 1.66. The van der Waals surface area contributed by atoms with Crippen molar-refractivity contribution in [1.29, 1.82) is 0 Å². The Labute approximate surface area is 162 Å². The number of benzene rings is 1. The van der Waals surface area contributed by atoms with Crippen molar-refractivity contribution in [3.05, 3.63) is 33.8 Å². The van der Waals surface area contributed by atoms with Gasteiger partial charge in [-0.3, -0.25) is 4.79 Å². The topological polar surface area (TPSA) is 38.1 Å². The number of carbonyl (C=O) groups is 1. The maximum atomic E-state index is 12.5. The van der Waals surface area contributed by atoms with Crippen molar-refractivity contribution in [2.75, 3.05) is 18.8 Å². The van der Waals surface area contributed by atoms with Gasteiger partial charge in [-0.1, -0.05) is 55.1 Å². The predicted molar refractivity (Wildman–Crippen MR) is 107 cm³/mol. The summed E-state index contributed by atoms with van der Waals surface area (Å²) in [5.41, 5.74) is 2.13. The first-order chi connectivity index (χ1) is 11.9. The molecule has 1 saturated heterocycles. The number of thioether (sulfide) groups is 1. The van der Waals surface area contributed by atoms with Gasteiger partial charge < -0.3 is 4.90 Å². The highest BCUT2D eigenvalue weighted by atomic mass is 32.2. The highest BCUT2D eigenvalue weighted by Crippen LogP contribution is 2.27. The van der Waals surface area contributed by atoms with E-state index in [4.69, 9.17) is 12.2 Å². The zero-order valence-electron chi connectivity index (χ0n) is 14.8. The van der Waals surface area contributed by atoms with Crippen molar-refractivity contribution in [2.45, 2.75) is 31.5 Å². The second-order valence-electron chi connectivity index (χ2n) is 6.87. The molecule has 3 rings (SSSR count). The summed E-state index contributed by atoms with van der Waals surface area (Å²) in [6.45, 7) is 8.23. The lowest BCUT2D eigenvalue weighted by molar-refractivity contribution is -0.130. The third kappa shape index (κ3) is 4.51. The third-order valence-electron chi connectivity index (χ3n) is 4.41. The van der Waals surface area contributed by atoms with Crippen LogP contribution in [0.2, 0.25) is 0 Å². The van der Waals surface area contributed by atoms with Gasteiger partial charge in [0.2, 0.25) is 5.91 Å². The fraction of sp³-hybridized carbons (Fsp3) is 0.500. The Morgan fingerprint density at radius 3 is 2.68 bits per heavy atom. The summed E-state index contributed by atoms with van der Waals surface area (Å²) >= 11 is 8.42. The molecule has 0 N–H and O–H groups in total. The van der Waals surface area contributed by atoms with Gasteiger partial charge >= 0.3 is 0 Å². The van der Waals surface area contributed by atoms with Gasteiger partial charge in [-0.25, -0.2) is 4.68 Å². The Bertz CT molecular complexity index is 804. The van der Waals surface area contributed by atoms with E-state index in [2.05, 4.69) is 18.9 Å². The molecule has 0 saturated carbocycles. The number of piperidine rings is 1. The van der Waals surface area contributed by atoms with Crippen LogP contribution in [0.3, 0.4) is 0 Å². The van der Waals surface area contributed by atoms with E-state index < -0.39 is 0 Å². The molecule has 134 valence electrons. The van der Waals surface area contributed by atoms with Gasteiger partial charge in [0, 0.05) is 13.1 Å². The molecule has 1 aromatic carbocycles. The zero-order valence-corrected chi connectivity index (χ0v) is 17.2. The van der Waals surface area contributed by atoms with Crippen LogP contribution in [0.5, 0.6) is 0 Å². The first-order valence-electron chi connectivity index (χ1n) is 8.50. The van der Waals surface area contributed by atoms with Crippen molar-refractivity contribution < 1.29 is 4.79 Å². The van der Waals surface area contributed by atoms with E-state index >= 15 is 0 Å². The summed E-state index contributed by atoms with van der Waals surface area (Å²) < 4.78 is 3.36. The van der Waals surface area contributed by atoms with E-state index in [1.54, 1.807) is 4.68 Å². The van der Waals surface area contributed by atoms with E-state index in [9.17, 15) is 4.79 Å². The number of aryl methyl sites for hydroxylation is 1. The lowest BCUT2D eigenvalue weighted by Crippen LogP contribution is -2.43. The standard InChI is InChI=1S/C18H23N3OS3/c1-12-8-13(2)10-20(9-12)16(22)11-24-17-19-21(18(23)25-17)15-7-5-4-6-14(15)3/h4-7,12-13H,8-11H2,1-3H3/t12-,13-/m0/s1. The molecule has 4 nitrogen and oxygen atoms in total. The maximum Gasteiger partial charge on any atom is 0.233 e. The Hall–Kier alpha value is -1.18. The molecular weight excluding hydrogens is 370 g/mol. The number of aromatic nitrogens is 2. The van der Waals surface area contributed by atoms with E-state index in [1.807, 2.05) is 36.1 Å². The van der Waals surface area contributed by atoms with E-state index in [1.165, 1.54) is 29.5 Å². The van der Waals surface area contributed by atoms with Gasteiger partial charge in [0.1, 0.15) is 0 Å². The summed E-state index contributed by atoms with van der Waals surface area (Å²) in [4.78, 5) is 14.5. The number of carbonyl (C=O) groups excluding carboxylic acids is 1. The zero-order chi connectivity index (χ0) is 18.0. The molecule has 1 amide bonds. The van der Waals surface area contributed by atoms with E-state index in [0.717, 1.165) is 28.7 Å². The number of nitrogens with zero attached hydrogens (tertiary/aromatic N) is 3. The van der Waals surface area contributed by atoms with Crippen LogP contribution in [0.4, 0.5) is 0 Å². The van der Waals surface area contributed by atoms with Crippen LogP contribution in [0.1, 0.15) is 25.8 Å². The lowest BCUT2D eigenvalue weighted by Gasteiger charge is -2.34. The summed E-state index contributed by atoms with van der Waals surface area (Å²) in [7, 11) is 0. The lowest BCUT2D eigenvalue weighted by atomic mass is 9.92. The maximum absolute atomic E-state index is 12.5. The van der Waals surface area contributed by atoms with E-state index in [0.29, 0.717) is 21.5 Å². The molecule has 0 aliphatic carbocycles. The van der Waals surface area contributed by atoms with Gasteiger partial charge in [-0.15, -0.1) is 5.10 Å². The van der Waals surface area contributed by atoms with E-state index in [-0.39, 0.29) is 5.91 Å². The monoisotopic (exact) mass is 393 g/mol. The normalized spacial score (nSPS) is 20.7. The van der Waals surface area contributed by atoms with Gasteiger partial charge in [-0.05, 0) is 49.0 Å². The number of rotatable bonds is 4. The Morgan fingerprint density at radius 2 is 2.00 bits per heavy atom. The minimum Gasteiger partial charge on any atom is -0.341 e. The van der Waals surface area contributed by atoms with Crippen LogP contribution in [-0.4, -0.2) is 39.4 Å². The number of para-hydroxylation sites is 1. The molecule has 0 unspecified atom stereocenters. The Morgan fingerprint density at radius 1 is 1.32 bits per heavy atom. The van der Waals surface area contributed by atoms with Crippen molar-refractivity contribution >= 4 is 41.2 Å². The van der Waals surface area contributed by atoms with Crippen molar-refractivity contribution in [2.24, 2.45) is 11.8 Å². The smallest absolute Gasteiger partial charge is 0.233 e. The fourth-order valence-corrected chi connectivity index (χ4v) is 5.60. The summed E-state index contributed by atoms with van der Waals surface area (Å²) in [5.74, 6) is 1.79. The quantitative estimate of drug-likeness (QED) is 0.563. The average molecular weight is 394 g/mol. The predicted octanol–water partition coefficient (Wildman–Crippen LogP) is 4.57. The van der Waals surface area contributed by atoms with Gasteiger partial charge in [0.05, 0.1) is 11.4 Å². The molecule has 1 fully saturated rings. The largest absolute Gasteiger partial charge is 0.341 e. The molecule has 7 heteroatoms. The molecule has 2 heterocycles. The van der Waals surface area contributed by atoms with Gasteiger partial charge in [0.25, 0.3) is 0 Å². The molecule has 1 aliphatic heterocycles. The molecule has 2 aromatic rings. The van der Waals surface area contributed by atoms with Crippen LogP contribution in [0, 0.1) is 22.7 Å². The number of likely N-dealkylation sites (tertiary alicyclic amines) is 1. The SMILES string of the molecule is Cc1ccccc1-n1nc(SCC(=O)N2C[C@@H](C)C[C@H](C)C2)sc1=S. The first-order valence-corrected chi connectivity index (χ1v) is 10.7. The second-order valence-corrected chi connectivity index (χ2v) is 9.71. The minimum absolute atomic E-state index is 0.201. The average Bonchev–Trinajstić information content (AvgIpc) is 2.93. The molecule has 25 heavy (non-hydrogen) atoms. The van der Waals surface area contributed by atoms with Crippen molar-refractivity contribution in [3.8, 4) is 5.69 Å². The molecule has 0 radical (unpaired) electrons. The van der Waals surface area contributed by atoms with Gasteiger partial charge in [0.15, 0.2) is 8.29 Å². The minimum atomic E-state index is 0.201. The van der Waals surface area contributed by atoms with Crippen LogP contribution in [0.15, 0.2) is 28.6 Å². The molecule has 1 aromatic heterocycles. The van der Waals surface area contributed by atoms with Crippen LogP contribution < -0.4 is 0 Å². The summed E-state index contributed by atoms with van der Waals surface area (Å²) in [6, 6.07) is 8.05. The highest BCUT2D eigenvalue weighted by Gasteiger charge is 2.25. The van der Waals surface area contributed by atoms with Crippen LogP contribution in [-0.2, 0) is 4.79 Å². The summed E-state index contributed by atoms with van der Waals surface area (Å²) in [5, 5.41) is 4.61. The Kier molecular flexibility index (Phi) is 5.96. The van der Waals surface area contributed by atoms with Crippen LogP contribution in [0.25, 0.3) is 5.69 Å². The van der Waals surface area contributed by atoms with Crippen molar-refractivity contribution in [3.63, 3.8) is 0 Å². The molecular formula is C18H23N3OS3. The second kappa shape index (κ2) is 8.01. The molecule has 0 bridgehead atoms. The highest BCUT2D eigenvalue weighted by molar-refractivity contribution is 8.01.